The van der Waals surface area contributed by atoms with Gasteiger partial charge >= 0.3 is 0 Å². The second kappa shape index (κ2) is 6.07. The lowest BCUT2D eigenvalue weighted by molar-refractivity contribution is -0.121. The number of para-hydroxylation sites is 1. The first kappa shape index (κ1) is 13.8. The topological polar surface area (TPSA) is 45.2 Å². The minimum Gasteiger partial charge on any atom is -0.290 e. The molecule has 21 heavy (non-hydrogen) atoms. The van der Waals surface area contributed by atoms with E-state index in [0.717, 1.165) is 11.3 Å². The van der Waals surface area contributed by atoms with Crippen molar-refractivity contribution in [2.24, 2.45) is 0 Å². The third-order valence-corrected chi connectivity index (χ3v) is 4.11. The number of amides is 1. The molecule has 1 saturated heterocycles. The van der Waals surface area contributed by atoms with Crippen molar-refractivity contribution in [2.75, 3.05) is 5.43 Å². The van der Waals surface area contributed by atoms with E-state index in [0.29, 0.717) is 9.23 Å². The zero-order chi connectivity index (χ0) is 14.7. The largest absolute Gasteiger partial charge is 0.290 e. The maximum absolute atomic E-state index is 12.4. The van der Waals surface area contributed by atoms with Crippen LogP contribution in [0.25, 0.3) is 6.08 Å². The molecule has 1 aliphatic rings. The summed E-state index contributed by atoms with van der Waals surface area (Å²) in [4.78, 5) is 16.9. The Kier molecular flexibility index (Phi) is 3.98. The molecule has 0 unspecified atom stereocenters. The molecule has 1 N–H and O–H groups in total. The van der Waals surface area contributed by atoms with Gasteiger partial charge in [0.1, 0.15) is 0 Å². The van der Waals surface area contributed by atoms with Gasteiger partial charge in [-0.25, -0.2) is 5.01 Å². The van der Waals surface area contributed by atoms with Crippen LogP contribution in [0.15, 0.2) is 59.8 Å². The zero-order valence-electron chi connectivity index (χ0n) is 10.9. The number of benzene rings is 1. The van der Waals surface area contributed by atoms with E-state index < -0.39 is 0 Å². The molecule has 1 aromatic carbocycles. The summed E-state index contributed by atoms with van der Waals surface area (Å²) in [5.41, 5.74) is 4.76. The number of nitrogens with one attached hydrogen (secondary N) is 1. The van der Waals surface area contributed by atoms with Crippen molar-refractivity contribution >= 4 is 46.0 Å². The molecule has 2 heterocycles. The second-order valence-electron chi connectivity index (χ2n) is 4.28. The van der Waals surface area contributed by atoms with Crippen LogP contribution in [0, 0.1) is 0 Å². The fourth-order valence-corrected chi connectivity index (χ4v) is 3.00. The maximum atomic E-state index is 12.4. The Labute approximate surface area is 131 Å². The number of hydrazine groups is 1. The summed E-state index contributed by atoms with van der Waals surface area (Å²) in [5, 5.41) is 1.39. The molecule has 104 valence electrons. The summed E-state index contributed by atoms with van der Waals surface area (Å²) in [6.45, 7) is 0. The van der Waals surface area contributed by atoms with E-state index in [9.17, 15) is 4.79 Å². The average Bonchev–Trinajstić information content (AvgIpc) is 2.77. The lowest BCUT2D eigenvalue weighted by Crippen LogP contribution is -2.33. The number of rotatable bonds is 3. The first-order chi connectivity index (χ1) is 10.2. The lowest BCUT2D eigenvalue weighted by atomic mass is 10.2. The highest BCUT2D eigenvalue weighted by Crippen LogP contribution is 2.32. The number of anilines is 1. The van der Waals surface area contributed by atoms with Crippen LogP contribution >= 0.6 is 24.0 Å². The highest BCUT2D eigenvalue weighted by molar-refractivity contribution is 8.26. The molecule has 0 spiro atoms. The van der Waals surface area contributed by atoms with Gasteiger partial charge in [-0.05, 0) is 48.1 Å². The number of carbonyl (C=O) groups is 1. The van der Waals surface area contributed by atoms with Crippen LogP contribution in [-0.4, -0.2) is 20.2 Å². The number of aromatic nitrogens is 1. The van der Waals surface area contributed by atoms with E-state index in [1.807, 2.05) is 48.5 Å². The van der Waals surface area contributed by atoms with Gasteiger partial charge in [-0.3, -0.25) is 15.2 Å². The first-order valence-electron chi connectivity index (χ1n) is 6.24. The van der Waals surface area contributed by atoms with Crippen molar-refractivity contribution in [2.45, 2.75) is 0 Å². The molecular formula is C15H11N3OS2. The van der Waals surface area contributed by atoms with Gasteiger partial charge in [0, 0.05) is 12.4 Å². The smallest absolute Gasteiger partial charge is 0.285 e. The number of hydrogen-bond acceptors (Lipinski definition) is 5. The molecule has 6 heteroatoms. The van der Waals surface area contributed by atoms with Crippen LogP contribution in [0.4, 0.5) is 5.69 Å². The third-order valence-electron chi connectivity index (χ3n) is 2.81. The standard InChI is InChI=1S/C15H11N3OS2/c19-14-13(10-11-6-8-16-9-7-11)21-15(20)18(14)17-12-4-2-1-3-5-12/h1-10,17H. The Morgan fingerprint density at radius 2 is 1.86 bits per heavy atom. The van der Waals surface area contributed by atoms with Gasteiger partial charge in [0.25, 0.3) is 5.91 Å². The number of thioether (sulfide) groups is 1. The average molecular weight is 313 g/mol. The van der Waals surface area contributed by atoms with Crippen LogP contribution < -0.4 is 5.43 Å². The number of pyridine rings is 1. The molecule has 1 amide bonds. The highest BCUT2D eigenvalue weighted by atomic mass is 32.2. The molecule has 3 rings (SSSR count). The summed E-state index contributed by atoms with van der Waals surface area (Å²) < 4.78 is 0.490. The van der Waals surface area contributed by atoms with Gasteiger partial charge in [0.15, 0.2) is 4.32 Å². The summed E-state index contributed by atoms with van der Waals surface area (Å²) in [5.74, 6) is -0.148. The van der Waals surface area contributed by atoms with Crippen molar-refractivity contribution in [1.29, 1.82) is 0 Å². The van der Waals surface area contributed by atoms with E-state index >= 15 is 0 Å². The van der Waals surface area contributed by atoms with Gasteiger partial charge in [0.05, 0.1) is 10.6 Å². The van der Waals surface area contributed by atoms with Crippen molar-refractivity contribution in [1.82, 2.24) is 9.99 Å². The number of nitrogens with zero attached hydrogens (tertiary/aromatic N) is 2. The molecule has 0 bridgehead atoms. The molecule has 1 aromatic heterocycles. The second-order valence-corrected chi connectivity index (χ2v) is 5.95. The fourth-order valence-electron chi connectivity index (χ4n) is 1.82. The van der Waals surface area contributed by atoms with Crippen LogP contribution in [0.2, 0.25) is 0 Å². The van der Waals surface area contributed by atoms with Crippen LogP contribution in [-0.2, 0) is 4.79 Å². The first-order valence-corrected chi connectivity index (χ1v) is 7.46. The summed E-state index contributed by atoms with van der Waals surface area (Å²) >= 11 is 6.54. The molecule has 2 aromatic rings. The number of thiocarbonyl (C=S) groups is 1. The summed E-state index contributed by atoms with van der Waals surface area (Å²) in [6.07, 6.45) is 5.19. The van der Waals surface area contributed by atoms with E-state index in [1.54, 1.807) is 12.4 Å². The molecule has 0 atom stereocenters. The van der Waals surface area contributed by atoms with E-state index in [1.165, 1.54) is 16.8 Å². The third kappa shape index (κ3) is 3.12. The fraction of sp³-hybridized carbons (Fsp3) is 0. The summed E-state index contributed by atoms with van der Waals surface area (Å²) in [6, 6.07) is 13.2. The maximum Gasteiger partial charge on any atom is 0.285 e. The number of hydrogen-bond donors (Lipinski definition) is 1. The minimum atomic E-state index is -0.148. The molecule has 1 fully saturated rings. The van der Waals surface area contributed by atoms with Crippen LogP contribution in [0.3, 0.4) is 0 Å². The molecular weight excluding hydrogens is 302 g/mol. The van der Waals surface area contributed by atoms with Gasteiger partial charge in [0.2, 0.25) is 0 Å². The normalized spacial score (nSPS) is 16.6. The van der Waals surface area contributed by atoms with Gasteiger partial charge in [-0.2, -0.15) is 0 Å². The Hall–Kier alpha value is -2.18. The van der Waals surface area contributed by atoms with Gasteiger partial charge < -0.3 is 0 Å². The predicted molar refractivity (Wildman–Crippen MR) is 89.3 cm³/mol. The van der Waals surface area contributed by atoms with E-state index in [4.69, 9.17) is 12.2 Å². The quantitative estimate of drug-likeness (QED) is 0.696. The van der Waals surface area contributed by atoms with Crippen molar-refractivity contribution in [3.05, 3.63) is 65.3 Å². The Balaban J connectivity index is 1.81. The van der Waals surface area contributed by atoms with Gasteiger partial charge in [-0.15, -0.1) is 0 Å². The van der Waals surface area contributed by atoms with Crippen LogP contribution in [0.1, 0.15) is 5.56 Å². The van der Waals surface area contributed by atoms with Crippen molar-refractivity contribution < 1.29 is 4.79 Å². The summed E-state index contributed by atoms with van der Waals surface area (Å²) in [7, 11) is 0. The Morgan fingerprint density at radius 1 is 1.14 bits per heavy atom. The van der Waals surface area contributed by atoms with E-state index in [2.05, 4.69) is 10.4 Å². The Morgan fingerprint density at radius 3 is 2.57 bits per heavy atom. The minimum absolute atomic E-state index is 0.148. The Bertz CT molecular complexity index is 701. The van der Waals surface area contributed by atoms with Crippen molar-refractivity contribution in [3.63, 3.8) is 0 Å². The lowest BCUT2D eigenvalue weighted by Gasteiger charge is -2.16. The molecule has 1 aliphatic heterocycles. The monoisotopic (exact) mass is 313 g/mol. The molecule has 0 saturated carbocycles. The van der Waals surface area contributed by atoms with Crippen molar-refractivity contribution in [3.8, 4) is 0 Å². The van der Waals surface area contributed by atoms with Crippen LogP contribution in [0.5, 0.6) is 0 Å². The highest BCUT2D eigenvalue weighted by Gasteiger charge is 2.32. The van der Waals surface area contributed by atoms with E-state index in [-0.39, 0.29) is 5.91 Å². The molecule has 4 nitrogen and oxygen atoms in total. The molecule has 0 aliphatic carbocycles. The SMILES string of the molecule is O=C1C(=Cc2ccncc2)SC(=S)N1Nc1ccccc1. The zero-order valence-corrected chi connectivity index (χ0v) is 12.5. The number of carbonyl (C=O) groups excluding carboxylic acids is 1. The predicted octanol–water partition coefficient (Wildman–Crippen LogP) is 3.31. The molecule has 0 radical (unpaired) electrons. The van der Waals surface area contributed by atoms with Gasteiger partial charge in [-0.1, -0.05) is 30.0 Å².